The van der Waals surface area contributed by atoms with Gasteiger partial charge in [-0.3, -0.25) is 4.98 Å². The molecule has 0 N–H and O–H groups in total. The molecule has 0 aliphatic rings. The average Bonchev–Trinajstić information content (AvgIpc) is 3.10. The monoisotopic (exact) mass is 492 g/mol. The molecule has 9 heteroatoms. The molecule has 0 saturated heterocycles. The molecule has 3 aromatic rings. The highest BCUT2D eigenvalue weighted by Gasteiger charge is 2.37. The van der Waals surface area contributed by atoms with E-state index in [1.54, 1.807) is 30.4 Å². The molecule has 0 bridgehead atoms. The van der Waals surface area contributed by atoms with Crippen molar-refractivity contribution in [3.63, 3.8) is 0 Å². The summed E-state index contributed by atoms with van der Waals surface area (Å²) in [5.41, 5.74) is 1.67. The molecule has 0 fully saturated rings. The van der Waals surface area contributed by atoms with Crippen molar-refractivity contribution >= 4 is 35.2 Å². The summed E-state index contributed by atoms with van der Waals surface area (Å²) in [5, 5.41) is 5.58. The smallest absolute Gasteiger partial charge is 0.192 e. The Bertz CT molecular complexity index is 1020. The predicted molar refractivity (Wildman–Crippen MR) is 124 cm³/mol. The van der Waals surface area contributed by atoms with E-state index in [2.05, 4.69) is 59.9 Å². The molecule has 3 rings (SSSR count). The number of aromatic nitrogens is 4. The van der Waals surface area contributed by atoms with Crippen LogP contribution < -0.4 is 4.74 Å². The highest BCUT2D eigenvalue weighted by molar-refractivity contribution is 9.10. The van der Waals surface area contributed by atoms with Gasteiger partial charge in [-0.25, -0.2) is 9.67 Å². The number of rotatable bonds is 8. The van der Waals surface area contributed by atoms with E-state index in [9.17, 15) is 0 Å². The van der Waals surface area contributed by atoms with Crippen molar-refractivity contribution in [1.82, 2.24) is 19.7 Å². The number of methoxy groups -OCH3 is 1. The normalized spacial score (nSPS) is 12.5. The molecule has 2 heterocycles. The zero-order valence-electron chi connectivity index (χ0n) is 18.4. The van der Waals surface area contributed by atoms with Gasteiger partial charge in [-0.2, -0.15) is 5.10 Å². The first-order chi connectivity index (χ1) is 14.1. The molecule has 162 valence electrons. The number of halogens is 1. The fourth-order valence-corrected chi connectivity index (χ4v) is 4.00. The Hall–Kier alpha value is -1.81. The van der Waals surface area contributed by atoms with Crippen LogP contribution in [0.2, 0.25) is 18.1 Å². The fourth-order valence-electron chi connectivity index (χ4n) is 2.64. The Morgan fingerprint density at radius 1 is 1.10 bits per heavy atom. The molecule has 30 heavy (non-hydrogen) atoms. The van der Waals surface area contributed by atoms with Crippen LogP contribution in [0.1, 0.15) is 26.5 Å². The van der Waals surface area contributed by atoms with Crippen molar-refractivity contribution in [3.8, 4) is 11.6 Å². The van der Waals surface area contributed by atoms with Gasteiger partial charge >= 0.3 is 0 Å². The van der Waals surface area contributed by atoms with E-state index in [0.717, 1.165) is 26.8 Å². The molecular weight excluding hydrogens is 464 g/mol. The molecule has 0 aliphatic heterocycles. The van der Waals surface area contributed by atoms with Gasteiger partial charge in [-0.15, -0.1) is 0 Å². The van der Waals surface area contributed by atoms with Crippen molar-refractivity contribution < 1.29 is 13.9 Å². The maximum absolute atomic E-state index is 6.30. The Labute approximate surface area is 187 Å². The molecular formula is C21H29BrN4O3Si. The number of fused-ring (bicyclic) bond motifs is 1. The van der Waals surface area contributed by atoms with Gasteiger partial charge in [0.15, 0.2) is 14.1 Å². The predicted octanol–water partition coefficient (Wildman–Crippen LogP) is 5.13. The van der Waals surface area contributed by atoms with Gasteiger partial charge in [0.2, 0.25) is 0 Å². The van der Waals surface area contributed by atoms with E-state index in [0.29, 0.717) is 25.6 Å². The first kappa shape index (κ1) is 22.9. The number of nitrogens with zero attached hydrogens (tertiary/aromatic N) is 4. The second kappa shape index (κ2) is 9.13. The summed E-state index contributed by atoms with van der Waals surface area (Å²) in [4.78, 5) is 9.11. The molecule has 0 saturated carbocycles. The molecule has 0 radical (unpaired) electrons. The van der Waals surface area contributed by atoms with E-state index in [-0.39, 0.29) is 5.04 Å². The van der Waals surface area contributed by atoms with E-state index >= 15 is 0 Å². The quantitative estimate of drug-likeness (QED) is 0.320. The number of hydrogen-bond acceptors (Lipinski definition) is 6. The highest BCUT2D eigenvalue weighted by atomic mass is 79.9. The molecule has 0 spiro atoms. The van der Waals surface area contributed by atoms with Gasteiger partial charge < -0.3 is 13.9 Å². The second-order valence-corrected chi connectivity index (χ2v) is 14.4. The Morgan fingerprint density at radius 3 is 2.57 bits per heavy atom. The van der Waals surface area contributed by atoms with Crippen LogP contribution in [0, 0.1) is 0 Å². The van der Waals surface area contributed by atoms with Crippen molar-refractivity contribution in [2.24, 2.45) is 0 Å². The minimum atomic E-state index is -1.87. The van der Waals surface area contributed by atoms with Gasteiger partial charge in [-0.05, 0) is 30.3 Å². The SMILES string of the molecule is COCCOc1cc(Br)cc2c1cnn2-c1cncc(CO[Si](C)(C)C(C)(C)C)n1. The molecule has 2 aromatic heterocycles. The van der Waals surface area contributed by atoms with E-state index in [1.807, 2.05) is 12.1 Å². The summed E-state index contributed by atoms with van der Waals surface area (Å²) in [6.45, 7) is 12.6. The van der Waals surface area contributed by atoms with Crippen LogP contribution in [-0.4, -0.2) is 48.4 Å². The van der Waals surface area contributed by atoms with Crippen LogP contribution in [0.25, 0.3) is 16.7 Å². The van der Waals surface area contributed by atoms with Crippen LogP contribution in [0.5, 0.6) is 5.75 Å². The zero-order valence-corrected chi connectivity index (χ0v) is 21.0. The zero-order chi connectivity index (χ0) is 21.9. The van der Waals surface area contributed by atoms with Crippen LogP contribution >= 0.6 is 15.9 Å². The minimum Gasteiger partial charge on any atom is -0.490 e. The Kier molecular flexibility index (Phi) is 6.96. The van der Waals surface area contributed by atoms with Gasteiger partial charge in [0.1, 0.15) is 12.4 Å². The average molecular weight is 493 g/mol. The number of benzene rings is 1. The number of ether oxygens (including phenoxy) is 2. The highest BCUT2D eigenvalue weighted by Crippen LogP contribution is 2.37. The van der Waals surface area contributed by atoms with Crippen LogP contribution in [-0.2, 0) is 15.8 Å². The van der Waals surface area contributed by atoms with Gasteiger partial charge in [-0.1, -0.05) is 36.7 Å². The number of hydrogen-bond donors (Lipinski definition) is 0. The second-order valence-electron chi connectivity index (χ2n) is 8.65. The molecule has 0 atom stereocenters. The molecule has 1 aromatic carbocycles. The third kappa shape index (κ3) is 5.08. The van der Waals surface area contributed by atoms with Crippen molar-refractivity contribution in [1.29, 1.82) is 0 Å². The van der Waals surface area contributed by atoms with E-state index in [1.165, 1.54) is 0 Å². The summed E-state index contributed by atoms with van der Waals surface area (Å²) in [6, 6.07) is 3.92. The summed E-state index contributed by atoms with van der Waals surface area (Å²) < 4.78 is 19.9. The maximum atomic E-state index is 6.30. The van der Waals surface area contributed by atoms with Crippen molar-refractivity contribution in [3.05, 3.63) is 40.9 Å². The lowest BCUT2D eigenvalue weighted by Crippen LogP contribution is -2.40. The van der Waals surface area contributed by atoms with E-state index in [4.69, 9.17) is 18.9 Å². The van der Waals surface area contributed by atoms with Crippen molar-refractivity contribution in [2.75, 3.05) is 20.3 Å². The van der Waals surface area contributed by atoms with Crippen LogP contribution in [0.15, 0.2) is 35.2 Å². The summed E-state index contributed by atoms with van der Waals surface area (Å²) in [7, 11) is -0.218. The first-order valence-electron chi connectivity index (χ1n) is 9.86. The summed E-state index contributed by atoms with van der Waals surface area (Å²) in [6.07, 6.45) is 5.23. The first-order valence-corrected chi connectivity index (χ1v) is 13.6. The van der Waals surface area contributed by atoms with Gasteiger partial charge in [0.05, 0.1) is 48.4 Å². The van der Waals surface area contributed by atoms with Crippen LogP contribution in [0.4, 0.5) is 0 Å². The third-order valence-corrected chi connectivity index (χ3v) is 10.4. The topological polar surface area (TPSA) is 71.3 Å². The Balaban J connectivity index is 1.89. The lowest BCUT2D eigenvalue weighted by Gasteiger charge is -2.36. The molecule has 7 nitrogen and oxygen atoms in total. The lowest BCUT2D eigenvalue weighted by molar-refractivity contribution is 0.147. The molecule has 0 aliphatic carbocycles. The largest absolute Gasteiger partial charge is 0.490 e. The maximum Gasteiger partial charge on any atom is 0.192 e. The minimum absolute atomic E-state index is 0.141. The molecule has 0 amide bonds. The molecule has 0 unspecified atom stereocenters. The Morgan fingerprint density at radius 2 is 1.87 bits per heavy atom. The van der Waals surface area contributed by atoms with Crippen LogP contribution in [0.3, 0.4) is 0 Å². The van der Waals surface area contributed by atoms with E-state index < -0.39 is 8.32 Å². The van der Waals surface area contributed by atoms with Gasteiger partial charge in [0.25, 0.3) is 0 Å². The summed E-state index contributed by atoms with van der Waals surface area (Å²) in [5.74, 6) is 1.38. The standard InChI is InChI=1S/C21H29BrN4O3Si/c1-21(2,3)30(5,6)29-14-16-11-23-13-20(25-16)26-18-9-15(22)10-19(17(18)12-24-26)28-8-7-27-4/h9-13H,7-8,14H2,1-6H3. The van der Waals surface area contributed by atoms with Gasteiger partial charge in [0, 0.05) is 11.6 Å². The summed E-state index contributed by atoms with van der Waals surface area (Å²) >= 11 is 3.56. The lowest BCUT2D eigenvalue weighted by atomic mass is 10.2. The fraction of sp³-hybridized carbons (Fsp3) is 0.476. The van der Waals surface area contributed by atoms with Crippen molar-refractivity contribution in [2.45, 2.75) is 45.5 Å². The third-order valence-electron chi connectivity index (χ3n) is 5.44.